The number of hydrogen-bond donors (Lipinski definition) is 0. The molecule has 0 spiro atoms. The van der Waals surface area contributed by atoms with E-state index in [1.54, 1.807) is 0 Å². The molecule has 125 heavy (non-hydrogen) atoms. The molecule has 0 aliphatic heterocycles. The van der Waals surface area contributed by atoms with Crippen LogP contribution in [0.1, 0.15) is 6.85 Å². The second-order valence-electron chi connectivity index (χ2n) is 32.3. The summed E-state index contributed by atoms with van der Waals surface area (Å²) >= 11 is 1.90. The highest BCUT2D eigenvalue weighted by atomic mass is 32.1. The second-order valence-corrected chi connectivity index (χ2v) is 33.3. The van der Waals surface area contributed by atoms with Crippen molar-refractivity contribution < 1.29 is 11.3 Å². The van der Waals surface area contributed by atoms with E-state index in [9.17, 15) is 0 Å². The smallest absolute Gasteiger partial charge is 0.143 e. The first-order valence-electron chi connectivity index (χ1n) is 45.1. The lowest BCUT2D eigenvalue weighted by atomic mass is 9.85. The first kappa shape index (κ1) is 67.7. The van der Waals surface area contributed by atoms with E-state index in [1.165, 1.54) is 157 Å². The van der Waals surface area contributed by atoms with E-state index in [1.807, 2.05) is 59.9 Å². The van der Waals surface area contributed by atoms with Crippen LogP contribution in [0.5, 0.6) is 0 Å². The van der Waals surface area contributed by atoms with E-state index >= 15 is 0 Å². The van der Waals surface area contributed by atoms with Gasteiger partial charge in [0.25, 0.3) is 0 Å². The van der Waals surface area contributed by atoms with Crippen molar-refractivity contribution in [3.05, 3.63) is 467 Å². The van der Waals surface area contributed by atoms with Gasteiger partial charge in [-0.3, -0.25) is 0 Å². The van der Waals surface area contributed by atoms with Gasteiger partial charge in [-0.15, -0.1) is 11.3 Å². The van der Waals surface area contributed by atoms with E-state index in [4.69, 9.17) is 11.3 Å². The van der Waals surface area contributed by atoms with Crippen molar-refractivity contribution >= 4 is 161 Å². The third kappa shape index (κ3) is 12.4. The minimum atomic E-state index is -0.389. The molecule has 3 heteroatoms. The number of hydrogen-bond acceptors (Lipinski definition) is 2. The van der Waals surface area contributed by atoms with Crippen molar-refractivity contribution in [1.29, 1.82) is 0 Å². The first-order valence-corrected chi connectivity index (χ1v) is 43.4. The van der Waals surface area contributed by atoms with Crippen molar-refractivity contribution in [1.82, 2.24) is 4.57 Å². The molecule has 0 aliphatic carbocycles. The van der Waals surface area contributed by atoms with Crippen LogP contribution in [0.15, 0.2) is 471 Å². The van der Waals surface area contributed by atoms with Crippen molar-refractivity contribution in [3.63, 3.8) is 0 Å². The van der Waals surface area contributed by atoms with Crippen LogP contribution in [-0.2, 0) is 0 Å². The van der Waals surface area contributed by atoms with Gasteiger partial charge in [0, 0.05) is 58.5 Å². The van der Waals surface area contributed by atoms with Gasteiger partial charge in [0.2, 0.25) is 0 Å². The Hall–Kier alpha value is -16.0. The lowest BCUT2D eigenvalue weighted by Crippen LogP contribution is -1.95. The van der Waals surface area contributed by atoms with Gasteiger partial charge in [0.05, 0.1) is 17.9 Å². The molecule has 0 bridgehead atoms. The molecule has 0 N–H and O–H groups in total. The Morgan fingerprint density at radius 3 is 1.17 bits per heavy atom. The number of rotatable bonds is 9. The van der Waals surface area contributed by atoms with Gasteiger partial charge in [0.1, 0.15) is 11.2 Å². The predicted molar refractivity (Wildman–Crippen MR) is 537 cm³/mol. The molecule has 0 saturated carbocycles. The highest BCUT2D eigenvalue weighted by molar-refractivity contribution is 7.26. The molecule has 2 nitrogen and oxygen atoms in total. The molecule has 3 heterocycles. The lowest BCUT2D eigenvalue weighted by Gasteiger charge is -2.19. The summed E-state index contributed by atoms with van der Waals surface area (Å²) in [5.74, 6) is 0. The average molecular weight is 1610 g/mol. The Bertz CT molecular complexity index is 8900. The predicted octanol–water partition coefficient (Wildman–Crippen LogP) is 35.0. The minimum Gasteiger partial charge on any atom is -0.455 e. The second kappa shape index (κ2) is 30.6. The van der Waals surface area contributed by atoms with Gasteiger partial charge in [-0.2, -0.15) is 0 Å². The molecular formula is C122H77NOS. The van der Waals surface area contributed by atoms with Crippen LogP contribution in [0.4, 0.5) is 0 Å². The van der Waals surface area contributed by atoms with Crippen molar-refractivity contribution in [2.45, 2.75) is 0 Å². The van der Waals surface area contributed by atoms with E-state index in [-0.39, 0.29) is 35.8 Å². The van der Waals surface area contributed by atoms with Crippen LogP contribution in [-0.4, -0.2) is 4.57 Å². The topological polar surface area (TPSA) is 18.1 Å². The van der Waals surface area contributed by atoms with Crippen molar-refractivity contribution in [2.75, 3.05) is 0 Å². The van der Waals surface area contributed by atoms with Crippen LogP contribution >= 0.6 is 11.3 Å². The van der Waals surface area contributed by atoms with E-state index in [2.05, 4.69) is 393 Å². The molecule has 0 aliphatic rings. The average Bonchev–Trinajstić information content (AvgIpc) is 1.00. The van der Waals surface area contributed by atoms with E-state index in [0.717, 1.165) is 77.0 Å². The van der Waals surface area contributed by atoms with Crippen molar-refractivity contribution in [2.24, 2.45) is 0 Å². The summed E-state index contributed by atoms with van der Waals surface area (Å²) in [5.41, 5.74) is 23.0. The van der Waals surface area contributed by atoms with E-state index in [0.29, 0.717) is 5.56 Å². The molecule has 0 saturated heterocycles. The molecular weight excluding hydrogens is 1530 g/mol. The zero-order chi connectivity index (χ0) is 86.8. The highest BCUT2D eigenvalue weighted by Gasteiger charge is 2.24. The summed E-state index contributed by atoms with van der Waals surface area (Å²) in [6.07, 6.45) is 0. The molecule has 0 atom stereocenters. The number of para-hydroxylation sites is 4. The van der Waals surface area contributed by atoms with Crippen LogP contribution in [0, 0.1) is 0 Å². The summed E-state index contributed by atoms with van der Waals surface area (Å²) in [6.45, 7) is 0. The van der Waals surface area contributed by atoms with Crippen LogP contribution in [0.2, 0.25) is 0 Å². The maximum absolute atomic E-state index is 8.73. The Labute approximate surface area is 733 Å². The molecule has 0 radical (unpaired) electrons. The first-order chi connectivity index (χ1) is 64.1. The fourth-order valence-corrected chi connectivity index (χ4v) is 21.2. The summed E-state index contributed by atoms with van der Waals surface area (Å²) in [7, 11) is 0. The van der Waals surface area contributed by atoms with Crippen LogP contribution in [0.25, 0.3) is 245 Å². The quantitative estimate of drug-likeness (QED) is 0.132. The third-order valence-corrected chi connectivity index (χ3v) is 26.6. The molecule has 0 amide bonds. The molecule has 582 valence electrons. The van der Waals surface area contributed by atoms with Crippen LogP contribution < -0.4 is 0 Å². The molecule has 3 aromatic heterocycles. The lowest BCUT2D eigenvalue weighted by molar-refractivity contribution is 0.670. The zero-order valence-electron chi connectivity index (χ0n) is 72.8. The SMILES string of the molecule is [2H]c1c([2H])c([2H])c(-c2c3ccccc3c(-c3ccc(-c4cccc5ccccc45)cc3)c3ccccc23)c([2H])c1[2H].c1cc(-c2c3ccccc3c(-c3cccc(-n4c5ccccc5c5ccccc54)c3)c3ccccc23)cc(-c2cccc3c2oc2ccccc23)c1.c1ccc2cc(-c3c4ccccc4c(-c4cccc5c4sc4ccccc45)c4ccccc34)ccc2c1. The van der Waals surface area contributed by atoms with Crippen molar-refractivity contribution in [3.8, 4) is 94.7 Å². The number of furan rings is 1. The molecule has 0 unspecified atom stereocenters. The summed E-state index contributed by atoms with van der Waals surface area (Å²) in [6, 6.07) is 155. The number of fused-ring (bicyclic) bond motifs is 17. The van der Waals surface area contributed by atoms with Gasteiger partial charge in [-0.05, 0) is 213 Å². The standard InChI is InChI=1S/C50H31NO.C36H22S.C36H24/c1-3-23-42-40(21-1)48(33-15-11-14-32(30-33)36-25-13-26-44-39-20-7-10-29-47(39)52-50(36)44)41-22-2-4-24-43(41)49(42)34-16-12-17-35(31-34)51-45-27-8-5-18-37(45)38-19-6-9-28-46(38)51;1-2-11-24-22-25(21-20-23(24)10-1)34-27-13-3-5-15-29(27)35(30-16-6-4-14-28(30)34)32-18-9-17-31-26-12-7-8-19-33(26)37-36(31)32;1-2-12-27(13-3-1)35-31-16-6-8-18-33(31)36(34-19-9-7-17-32(34)35)28-23-21-26(22-24-28)30-20-10-14-25-11-4-5-15-29(25)30/h1-31H;1-22H;1-24H/i;;1D,2D,3D,12D,13D. The van der Waals surface area contributed by atoms with E-state index < -0.39 is 0 Å². The monoisotopic (exact) mass is 1610 g/mol. The molecule has 26 aromatic rings. The van der Waals surface area contributed by atoms with Crippen LogP contribution in [0.3, 0.4) is 0 Å². The normalized spacial score (nSPS) is 12.2. The Balaban J connectivity index is 0.000000110. The van der Waals surface area contributed by atoms with Gasteiger partial charge in [-0.25, -0.2) is 0 Å². The molecule has 0 fully saturated rings. The summed E-state index contributed by atoms with van der Waals surface area (Å²) < 4.78 is 53.8. The third-order valence-electron chi connectivity index (χ3n) is 25.4. The fraction of sp³-hybridized carbons (Fsp3) is 0. The van der Waals surface area contributed by atoms with Gasteiger partial charge >= 0.3 is 0 Å². The largest absolute Gasteiger partial charge is 0.455 e. The number of thiophene rings is 1. The maximum Gasteiger partial charge on any atom is 0.143 e. The van der Waals surface area contributed by atoms with Gasteiger partial charge in [0.15, 0.2) is 0 Å². The summed E-state index contributed by atoms with van der Waals surface area (Å²) in [4.78, 5) is 0. The van der Waals surface area contributed by atoms with Gasteiger partial charge in [-0.1, -0.05) is 418 Å². The van der Waals surface area contributed by atoms with Gasteiger partial charge < -0.3 is 8.98 Å². The maximum atomic E-state index is 8.73. The molecule has 23 aromatic carbocycles. The Kier molecular flexibility index (Phi) is 16.6. The number of nitrogens with zero attached hydrogens (tertiary/aromatic N) is 1. The number of benzene rings is 23. The Morgan fingerprint density at radius 1 is 0.208 bits per heavy atom. The summed E-state index contributed by atoms with van der Waals surface area (Å²) in [5, 5.41) is 26.2. The highest BCUT2D eigenvalue weighted by Crippen LogP contribution is 2.52. The zero-order valence-corrected chi connectivity index (χ0v) is 68.6. The molecule has 26 rings (SSSR count). The number of aromatic nitrogens is 1. The minimum absolute atomic E-state index is 0.196. The fourth-order valence-electron chi connectivity index (χ4n) is 20.0. The Morgan fingerprint density at radius 2 is 0.584 bits per heavy atom.